The second-order valence-electron chi connectivity index (χ2n) is 6.78. The van der Waals surface area contributed by atoms with Crippen molar-refractivity contribution in [3.8, 4) is 0 Å². The quantitative estimate of drug-likeness (QED) is 0.761. The molecular formula is C19H17N5O2. The Balaban J connectivity index is 1.41. The molecule has 0 saturated heterocycles. The van der Waals surface area contributed by atoms with Crippen molar-refractivity contribution in [3.05, 3.63) is 53.5 Å². The summed E-state index contributed by atoms with van der Waals surface area (Å²) in [6.07, 6.45) is 6.48. The average molecular weight is 347 g/mol. The zero-order valence-electron chi connectivity index (χ0n) is 14.0. The standard InChI is InChI=1S/C19H17N5O2/c25-18(23-13-2-1-11-5-6-20-19(26)15(11)8-13)12-7-16-17(21-9-12)24(10-22-16)14-3-4-14/h1-2,7-10,14H,3-6H2,(H,20,26)(H,23,25). The van der Waals surface area contributed by atoms with Crippen molar-refractivity contribution < 1.29 is 9.59 Å². The van der Waals surface area contributed by atoms with Crippen LogP contribution in [0.1, 0.15) is 45.2 Å². The zero-order valence-corrected chi connectivity index (χ0v) is 14.0. The molecule has 2 aliphatic rings. The van der Waals surface area contributed by atoms with Crippen LogP contribution in [0.2, 0.25) is 0 Å². The third kappa shape index (κ3) is 2.52. The molecule has 26 heavy (non-hydrogen) atoms. The molecule has 7 nitrogen and oxygen atoms in total. The molecule has 7 heteroatoms. The number of nitrogens with one attached hydrogen (secondary N) is 2. The Morgan fingerprint density at radius 2 is 2.12 bits per heavy atom. The lowest BCUT2D eigenvalue weighted by Crippen LogP contribution is -2.31. The Kier molecular flexibility index (Phi) is 3.28. The van der Waals surface area contributed by atoms with Gasteiger partial charge in [-0.3, -0.25) is 9.59 Å². The zero-order chi connectivity index (χ0) is 17.7. The van der Waals surface area contributed by atoms with Crippen molar-refractivity contribution in [2.24, 2.45) is 0 Å². The van der Waals surface area contributed by atoms with E-state index in [-0.39, 0.29) is 11.8 Å². The maximum atomic E-state index is 12.6. The van der Waals surface area contributed by atoms with Crippen LogP contribution in [0.4, 0.5) is 5.69 Å². The van der Waals surface area contributed by atoms with E-state index in [1.54, 1.807) is 24.7 Å². The van der Waals surface area contributed by atoms with E-state index in [4.69, 9.17) is 0 Å². The fraction of sp³-hybridized carbons (Fsp3) is 0.263. The highest BCUT2D eigenvalue weighted by atomic mass is 16.2. The molecule has 0 spiro atoms. The number of benzene rings is 1. The molecule has 130 valence electrons. The normalized spacial score (nSPS) is 16.2. The Morgan fingerprint density at radius 3 is 2.96 bits per heavy atom. The number of pyridine rings is 1. The van der Waals surface area contributed by atoms with E-state index >= 15 is 0 Å². The number of aromatic nitrogens is 3. The minimum Gasteiger partial charge on any atom is -0.352 e. The second-order valence-corrected chi connectivity index (χ2v) is 6.78. The molecule has 2 aromatic heterocycles. The van der Waals surface area contributed by atoms with Gasteiger partial charge >= 0.3 is 0 Å². The van der Waals surface area contributed by atoms with Crippen molar-refractivity contribution in [2.75, 3.05) is 11.9 Å². The largest absolute Gasteiger partial charge is 0.352 e. The number of amides is 2. The van der Waals surface area contributed by atoms with Crippen LogP contribution >= 0.6 is 0 Å². The third-order valence-electron chi connectivity index (χ3n) is 4.91. The lowest BCUT2D eigenvalue weighted by molar-refractivity contribution is 0.0944. The summed E-state index contributed by atoms with van der Waals surface area (Å²) in [6.45, 7) is 0.650. The third-order valence-corrected chi connectivity index (χ3v) is 4.91. The molecule has 0 unspecified atom stereocenters. The van der Waals surface area contributed by atoms with Crippen molar-refractivity contribution in [1.29, 1.82) is 0 Å². The van der Waals surface area contributed by atoms with Gasteiger partial charge in [-0.1, -0.05) is 6.07 Å². The summed E-state index contributed by atoms with van der Waals surface area (Å²) in [6, 6.07) is 7.68. The Bertz CT molecular complexity index is 1050. The molecule has 0 bridgehead atoms. The van der Waals surface area contributed by atoms with Gasteiger partial charge in [0.2, 0.25) is 0 Å². The van der Waals surface area contributed by atoms with E-state index < -0.39 is 0 Å². The second kappa shape index (κ2) is 5.66. The monoisotopic (exact) mass is 347 g/mol. The van der Waals surface area contributed by atoms with Crippen molar-refractivity contribution in [2.45, 2.75) is 25.3 Å². The Hall–Kier alpha value is -3.22. The maximum Gasteiger partial charge on any atom is 0.257 e. The fourth-order valence-electron chi connectivity index (χ4n) is 3.36. The van der Waals surface area contributed by atoms with E-state index in [9.17, 15) is 9.59 Å². The highest BCUT2D eigenvalue weighted by Crippen LogP contribution is 2.36. The van der Waals surface area contributed by atoms with Gasteiger partial charge in [0.15, 0.2) is 5.65 Å². The van der Waals surface area contributed by atoms with Gasteiger partial charge in [0.25, 0.3) is 11.8 Å². The van der Waals surface area contributed by atoms with Crippen LogP contribution in [0, 0.1) is 0 Å². The average Bonchev–Trinajstić information content (AvgIpc) is 3.41. The summed E-state index contributed by atoms with van der Waals surface area (Å²) in [7, 11) is 0. The smallest absolute Gasteiger partial charge is 0.257 e. The van der Waals surface area contributed by atoms with Gasteiger partial charge < -0.3 is 15.2 Å². The molecule has 2 N–H and O–H groups in total. The van der Waals surface area contributed by atoms with E-state index in [0.717, 1.165) is 36.0 Å². The first-order valence-electron chi connectivity index (χ1n) is 8.74. The molecule has 1 saturated carbocycles. The molecule has 1 fully saturated rings. The van der Waals surface area contributed by atoms with Crippen LogP contribution in [0.3, 0.4) is 0 Å². The molecule has 1 aliphatic carbocycles. The van der Waals surface area contributed by atoms with Crippen LogP contribution in [0.15, 0.2) is 36.8 Å². The summed E-state index contributed by atoms with van der Waals surface area (Å²) in [5.74, 6) is -0.368. The SMILES string of the molecule is O=C(Nc1ccc2c(c1)C(=O)NCC2)c1cnc2c(c1)ncn2C1CC1. The summed E-state index contributed by atoms with van der Waals surface area (Å²) in [5, 5.41) is 5.66. The fourth-order valence-corrected chi connectivity index (χ4v) is 3.36. The molecule has 5 rings (SSSR count). The summed E-state index contributed by atoms with van der Waals surface area (Å²) in [4.78, 5) is 33.3. The van der Waals surface area contributed by atoms with Gasteiger partial charge in [-0.2, -0.15) is 0 Å². The van der Waals surface area contributed by atoms with Crippen molar-refractivity contribution in [1.82, 2.24) is 19.9 Å². The number of carbonyl (C=O) groups is 2. The van der Waals surface area contributed by atoms with E-state index in [0.29, 0.717) is 29.4 Å². The molecule has 1 aromatic carbocycles. The molecule has 3 aromatic rings. The van der Waals surface area contributed by atoms with Gasteiger partial charge in [0.05, 0.1) is 11.9 Å². The number of hydrogen-bond acceptors (Lipinski definition) is 4. The molecule has 1 aliphatic heterocycles. The van der Waals surface area contributed by atoms with Gasteiger partial charge in [-0.25, -0.2) is 9.97 Å². The summed E-state index contributed by atoms with van der Waals surface area (Å²) in [5.41, 5.74) is 4.19. The Labute approximate surface area is 149 Å². The van der Waals surface area contributed by atoms with Crippen LogP contribution in [0.25, 0.3) is 11.2 Å². The molecule has 0 atom stereocenters. The summed E-state index contributed by atoms with van der Waals surface area (Å²) < 4.78 is 2.07. The highest BCUT2D eigenvalue weighted by molar-refractivity contribution is 6.06. The van der Waals surface area contributed by atoms with Crippen molar-refractivity contribution in [3.63, 3.8) is 0 Å². The lowest BCUT2D eigenvalue weighted by atomic mass is 10.00. The summed E-state index contributed by atoms with van der Waals surface area (Å²) >= 11 is 0. The Morgan fingerprint density at radius 1 is 1.23 bits per heavy atom. The number of anilines is 1. The maximum absolute atomic E-state index is 12.6. The number of rotatable bonds is 3. The van der Waals surface area contributed by atoms with E-state index in [1.165, 1.54) is 0 Å². The number of fused-ring (bicyclic) bond motifs is 2. The first kappa shape index (κ1) is 15.1. The van der Waals surface area contributed by atoms with Gasteiger partial charge in [0.1, 0.15) is 5.52 Å². The minimum atomic E-state index is -0.267. The predicted octanol–water partition coefficient (Wildman–Crippen LogP) is 2.30. The molecular weight excluding hydrogens is 330 g/mol. The number of hydrogen-bond donors (Lipinski definition) is 2. The van der Waals surface area contributed by atoms with E-state index in [1.807, 2.05) is 12.1 Å². The van der Waals surface area contributed by atoms with Gasteiger partial charge in [-0.15, -0.1) is 0 Å². The first-order chi connectivity index (χ1) is 12.7. The van der Waals surface area contributed by atoms with Gasteiger partial charge in [-0.05, 0) is 43.0 Å². The molecule has 2 amide bonds. The van der Waals surface area contributed by atoms with E-state index in [2.05, 4.69) is 25.2 Å². The minimum absolute atomic E-state index is 0.101. The van der Waals surface area contributed by atoms with Crippen LogP contribution in [-0.2, 0) is 6.42 Å². The molecule has 0 radical (unpaired) electrons. The van der Waals surface area contributed by atoms with Crippen molar-refractivity contribution >= 4 is 28.7 Å². The van der Waals surface area contributed by atoms with Crippen LogP contribution in [-0.4, -0.2) is 32.9 Å². The van der Waals surface area contributed by atoms with Gasteiger partial charge in [0, 0.05) is 30.0 Å². The highest BCUT2D eigenvalue weighted by Gasteiger charge is 2.25. The number of carbonyl (C=O) groups excluding carboxylic acids is 2. The number of nitrogens with zero attached hydrogens (tertiary/aromatic N) is 3. The van der Waals surface area contributed by atoms with Crippen LogP contribution in [0.5, 0.6) is 0 Å². The predicted molar refractivity (Wildman–Crippen MR) is 96.2 cm³/mol. The first-order valence-corrected chi connectivity index (χ1v) is 8.74. The topological polar surface area (TPSA) is 88.9 Å². The molecule has 3 heterocycles. The van der Waals surface area contributed by atoms with Crippen LogP contribution < -0.4 is 10.6 Å². The number of imidazole rings is 1. The lowest BCUT2D eigenvalue weighted by Gasteiger charge is -2.17.